The quantitative estimate of drug-likeness (QED) is 0.875. The maximum Gasteiger partial charge on any atom is 0.219 e. The third-order valence-electron chi connectivity index (χ3n) is 3.09. The topological polar surface area (TPSA) is 48.1 Å². The van der Waals surface area contributed by atoms with Gasteiger partial charge < -0.3 is 10.5 Å². The zero-order valence-electron chi connectivity index (χ0n) is 11.9. The molecular weight excluding hydrogens is 316 g/mol. The number of nitrogens with zero attached hydrogens (tertiary/aromatic N) is 1. The van der Waals surface area contributed by atoms with E-state index in [4.69, 9.17) is 10.5 Å². The molecule has 106 valence electrons. The van der Waals surface area contributed by atoms with Crippen molar-refractivity contribution in [2.24, 2.45) is 5.73 Å². The monoisotopic (exact) mass is 334 g/mol. The van der Waals surface area contributed by atoms with Crippen molar-refractivity contribution in [2.45, 2.75) is 32.7 Å². The van der Waals surface area contributed by atoms with Gasteiger partial charge in [0.1, 0.15) is 5.75 Å². The number of pyridine rings is 1. The van der Waals surface area contributed by atoms with Crippen molar-refractivity contribution >= 4 is 15.9 Å². The zero-order chi connectivity index (χ0) is 14.7. The molecule has 0 amide bonds. The van der Waals surface area contributed by atoms with Gasteiger partial charge in [0.25, 0.3) is 0 Å². The molecule has 0 aliphatic heterocycles. The van der Waals surface area contributed by atoms with Crippen molar-refractivity contribution < 1.29 is 4.74 Å². The Bertz CT molecular complexity index is 580. The van der Waals surface area contributed by atoms with E-state index >= 15 is 0 Å². The first kappa shape index (κ1) is 15.0. The Balaban J connectivity index is 2.25. The molecule has 0 radical (unpaired) electrons. The van der Waals surface area contributed by atoms with Crippen LogP contribution in [0.25, 0.3) is 0 Å². The summed E-state index contributed by atoms with van der Waals surface area (Å²) in [7, 11) is 0. The van der Waals surface area contributed by atoms with Crippen LogP contribution in [0.15, 0.2) is 41.0 Å². The van der Waals surface area contributed by atoms with Crippen LogP contribution in [0.2, 0.25) is 0 Å². The highest BCUT2D eigenvalue weighted by Gasteiger charge is 2.10. The van der Waals surface area contributed by atoms with Gasteiger partial charge in [-0.25, -0.2) is 4.98 Å². The third-order valence-corrected chi connectivity index (χ3v) is 3.59. The molecule has 0 unspecified atom stereocenters. The molecule has 0 aliphatic carbocycles. The van der Waals surface area contributed by atoms with Crippen molar-refractivity contribution in [2.75, 3.05) is 0 Å². The van der Waals surface area contributed by atoms with E-state index in [1.807, 2.05) is 31.2 Å². The summed E-state index contributed by atoms with van der Waals surface area (Å²) in [5, 5.41) is 0. The second-order valence-electron chi connectivity index (χ2n) is 5.16. The molecule has 4 heteroatoms. The number of halogens is 1. The molecule has 0 fully saturated rings. The van der Waals surface area contributed by atoms with E-state index in [1.54, 1.807) is 6.20 Å². The molecule has 0 aliphatic rings. The standard InChI is InChI=1S/C16H19BrN2O/c1-10(2)14-8-13(17)5-6-15(14)20-16-7-4-12(9-19-16)11(3)18/h4-11H,18H2,1-3H3/t11-/m0/s1. The summed E-state index contributed by atoms with van der Waals surface area (Å²) in [4.78, 5) is 4.30. The molecule has 2 N–H and O–H groups in total. The van der Waals surface area contributed by atoms with Gasteiger partial charge in [0.15, 0.2) is 0 Å². The highest BCUT2D eigenvalue weighted by molar-refractivity contribution is 9.10. The minimum atomic E-state index is -0.0181. The SMILES string of the molecule is CC(C)c1cc(Br)ccc1Oc1ccc([C@H](C)N)cn1. The Hall–Kier alpha value is -1.39. The highest BCUT2D eigenvalue weighted by atomic mass is 79.9. The van der Waals surface area contributed by atoms with Gasteiger partial charge in [0.05, 0.1) is 0 Å². The number of nitrogens with two attached hydrogens (primary N) is 1. The average Bonchev–Trinajstić information content (AvgIpc) is 2.41. The number of hydrogen-bond acceptors (Lipinski definition) is 3. The van der Waals surface area contributed by atoms with Crippen LogP contribution in [-0.2, 0) is 0 Å². The lowest BCUT2D eigenvalue weighted by Crippen LogP contribution is -2.05. The van der Waals surface area contributed by atoms with Crippen LogP contribution in [0.3, 0.4) is 0 Å². The molecule has 20 heavy (non-hydrogen) atoms. The Morgan fingerprint density at radius 3 is 2.45 bits per heavy atom. The fraction of sp³-hybridized carbons (Fsp3) is 0.312. The Morgan fingerprint density at radius 2 is 1.90 bits per heavy atom. The van der Waals surface area contributed by atoms with E-state index in [2.05, 4.69) is 40.8 Å². The summed E-state index contributed by atoms with van der Waals surface area (Å²) in [5.74, 6) is 1.80. The first-order chi connectivity index (χ1) is 9.47. The zero-order valence-corrected chi connectivity index (χ0v) is 13.5. The van der Waals surface area contributed by atoms with Crippen molar-refractivity contribution in [3.8, 4) is 11.6 Å². The van der Waals surface area contributed by atoms with Crippen LogP contribution in [0, 0.1) is 0 Å². The molecule has 0 saturated heterocycles. The van der Waals surface area contributed by atoms with Crippen LogP contribution in [0.1, 0.15) is 43.9 Å². The van der Waals surface area contributed by atoms with E-state index in [0.717, 1.165) is 21.3 Å². The van der Waals surface area contributed by atoms with Crippen LogP contribution in [-0.4, -0.2) is 4.98 Å². The second kappa shape index (κ2) is 6.37. The van der Waals surface area contributed by atoms with Crippen LogP contribution in [0.4, 0.5) is 0 Å². The predicted octanol–water partition coefficient (Wildman–Crippen LogP) is 4.78. The van der Waals surface area contributed by atoms with Crippen LogP contribution >= 0.6 is 15.9 Å². The summed E-state index contributed by atoms with van der Waals surface area (Å²) in [6.45, 7) is 6.21. The minimum Gasteiger partial charge on any atom is -0.439 e. The highest BCUT2D eigenvalue weighted by Crippen LogP contribution is 2.32. The van der Waals surface area contributed by atoms with E-state index in [1.165, 1.54) is 0 Å². The first-order valence-electron chi connectivity index (χ1n) is 6.66. The lowest BCUT2D eigenvalue weighted by Gasteiger charge is -2.14. The van der Waals surface area contributed by atoms with Crippen LogP contribution < -0.4 is 10.5 Å². The summed E-state index contributed by atoms with van der Waals surface area (Å²) < 4.78 is 6.94. The Morgan fingerprint density at radius 1 is 1.15 bits per heavy atom. The third kappa shape index (κ3) is 3.58. The molecule has 2 aromatic rings. The van der Waals surface area contributed by atoms with E-state index < -0.39 is 0 Å². The lowest BCUT2D eigenvalue weighted by molar-refractivity contribution is 0.453. The Kier molecular flexibility index (Phi) is 4.78. The molecular formula is C16H19BrN2O. The largest absolute Gasteiger partial charge is 0.439 e. The van der Waals surface area contributed by atoms with Gasteiger partial charge in [-0.2, -0.15) is 0 Å². The number of hydrogen-bond donors (Lipinski definition) is 1. The van der Waals surface area contributed by atoms with Gasteiger partial charge in [0, 0.05) is 22.8 Å². The van der Waals surface area contributed by atoms with Gasteiger partial charge >= 0.3 is 0 Å². The van der Waals surface area contributed by atoms with E-state index in [9.17, 15) is 0 Å². The first-order valence-corrected chi connectivity index (χ1v) is 7.45. The summed E-state index contributed by atoms with van der Waals surface area (Å²) in [6.07, 6.45) is 1.76. The Labute approximate surface area is 128 Å². The molecule has 3 nitrogen and oxygen atoms in total. The van der Waals surface area contributed by atoms with Gasteiger partial charge in [-0.3, -0.25) is 0 Å². The van der Waals surface area contributed by atoms with Crippen molar-refractivity contribution in [3.63, 3.8) is 0 Å². The molecule has 0 spiro atoms. The second-order valence-corrected chi connectivity index (χ2v) is 6.07. The minimum absolute atomic E-state index is 0.0181. The molecule has 1 heterocycles. The smallest absolute Gasteiger partial charge is 0.219 e. The average molecular weight is 335 g/mol. The molecule has 1 aromatic heterocycles. The van der Waals surface area contributed by atoms with Crippen molar-refractivity contribution in [3.05, 3.63) is 52.1 Å². The van der Waals surface area contributed by atoms with E-state index in [0.29, 0.717) is 11.8 Å². The van der Waals surface area contributed by atoms with Gasteiger partial charge in [-0.05, 0) is 42.2 Å². The molecule has 0 saturated carbocycles. The maximum absolute atomic E-state index is 5.89. The number of rotatable bonds is 4. The lowest BCUT2D eigenvalue weighted by atomic mass is 10.0. The molecule has 2 rings (SSSR count). The number of ether oxygens (including phenoxy) is 1. The van der Waals surface area contributed by atoms with Crippen LogP contribution in [0.5, 0.6) is 11.6 Å². The summed E-state index contributed by atoms with van der Waals surface area (Å²) in [6, 6.07) is 9.79. The number of aromatic nitrogens is 1. The molecule has 1 aromatic carbocycles. The summed E-state index contributed by atoms with van der Waals surface area (Å²) >= 11 is 3.49. The predicted molar refractivity (Wildman–Crippen MR) is 85.1 cm³/mol. The molecule has 0 bridgehead atoms. The van der Waals surface area contributed by atoms with Crippen molar-refractivity contribution in [1.29, 1.82) is 0 Å². The van der Waals surface area contributed by atoms with E-state index in [-0.39, 0.29) is 6.04 Å². The van der Waals surface area contributed by atoms with Gasteiger partial charge in [-0.1, -0.05) is 35.8 Å². The normalized spacial score (nSPS) is 12.5. The molecule has 1 atom stereocenters. The van der Waals surface area contributed by atoms with Gasteiger partial charge in [-0.15, -0.1) is 0 Å². The fourth-order valence-electron chi connectivity index (χ4n) is 1.90. The van der Waals surface area contributed by atoms with Crippen molar-refractivity contribution in [1.82, 2.24) is 4.98 Å². The van der Waals surface area contributed by atoms with Gasteiger partial charge in [0.2, 0.25) is 5.88 Å². The maximum atomic E-state index is 5.89. The number of benzene rings is 1. The summed E-state index contributed by atoms with van der Waals surface area (Å²) in [5.41, 5.74) is 7.96. The fourth-order valence-corrected chi connectivity index (χ4v) is 2.28.